The summed E-state index contributed by atoms with van der Waals surface area (Å²) in [5.41, 5.74) is 1.30. The third kappa shape index (κ3) is 3.05. The van der Waals surface area contributed by atoms with Crippen LogP contribution in [0.2, 0.25) is 0 Å². The molecular formula is C13H19BrN2. The molecule has 0 spiro atoms. The predicted octanol–water partition coefficient (Wildman–Crippen LogP) is 3.46. The Labute approximate surface area is 106 Å². The molecule has 16 heavy (non-hydrogen) atoms. The van der Waals surface area contributed by atoms with Gasteiger partial charge in [0, 0.05) is 29.5 Å². The first-order valence-corrected chi connectivity index (χ1v) is 6.78. The number of piperidine rings is 1. The molecule has 0 amide bonds. The van der Waals surface area contributed by atoms with Crippen LogP contribution in [0.1, 0.15) is 32.3 Å². The zero-order valence-electron chi connectivity index (χ0n) is 9.99. The van der Waals surface area contributed by atoms with Crippen molar-refractivity contribution in [3.8, 4) is 0 Å². The van der Waals surface area contributed by atoms with Crippen LogP contribution in [0.25, 0.3) is 0 Å². The summed E-state index contributed by atoms with van der Waals surface area (Å²) in [6.07, 6.45) is 6.45. The molecule has 1 aromatic heterocycles. The monoisotopic (exact) mass is 282 g/mol. The van der Waals surface area contributed by atoms with Gasteiger partial charge in [-0.05, 0) is 59.8 Å². The Hall–Kier alpha value is -0.410. The molecule has 2 atom stereocenters. The number of aromatic nitrogens is 1. The number of halogens is 1. The first kappa shape index (κ1) is 12.1. The molecule has 0 N–H and O–H groups in total. The van der Waals surface area contributed by atoms with Gasteiger partial charge in [-0.2, -0.15) is 0 Å². The largest absolute Gasteiger partial charge is 0.296 e. The van der Waals surface area contributed by atoms with Crippen LogP contribution < -0.4 is 0 Å². The normalized spacial score (nSPS) is 26.9. The molecule has 2 nitrogen and oxygen atoms in total. The molecule has 0 aromatic carbocycles. The van der Waals surface area contributed by atoms with Gasteiger partial charge in [-0.1, -0.05) is 6.92 Å². The average molecular weight is 283 g/mol. The van der Waals surface area contributed by atoms with Crippen molar-refractivity contribution >= 4 is 15.9 Å². The van der Waals surface area contributed by atoms with Crippen LogP contribution in [-0.2, 0) is 6.54 Å². The van der Waals surface area contributed by atoms with Gasteiger partial charge < -0.3 is 0 Å². The molecule has 1 aromatic rings. The number of pyridine rings is 1. The molecule has 2 heterocycles. The lowest BCUT2D eigenvalue weighted by Gasteiger charge is -2.36. The summed E-state index contributed by atoms with van der Waals surface area (Å²) in [6.45, 7) is 6.94. The Morgan fingerprint density at radius 2 is 2.25 bits per heavy atom. The van der Waals surface area contributed by atoms with Gasteiger partial charge in [-0.15, -0.1) is 0 Å². The zero-order chi connectivity index (χ0) is 11.5. The molecule has 0 saturated carbocycles. The first-order chi connectivity index (χ1) is 7.65. The second-order valence-corrected chi connectivity index (χ2v) is 5.88. The quantitative estimate of drug-likeness (QED) is 0.826. The van der Waals surface area contributed by atoms with Gasteiger partial charge >= 0.3 is 0 Å². The van der Waals surface area contributed by atoms with Crippen LogP contribution in [0.4, 0.5) is 0 Å². The fourth-order valence-electron chi connectivity index (χ4n) is 2.47. The van der Waals surface area contributed by atoms with Crippen LogP contribution in [-0.4, -0.2) is 22.5 Å². The van der Waals surface area contributed by atoms with E-state index in [9.17, 15) is 0 Å². The van der Waals surface area contributed by atoms with E-state index in [0.29, 0.717) is 6.04 Å². The maximum absolute atomic E-state index is 4.22. The molecule has 2 unspecified atom stereocenters. The number of hydrogen-bond acceptors (Lipinski definition) is 2. The SMILES string of the molecule is CC1CCN(Cc2cncc(Br)c2)C(C)C1. The lowest BCUT2D eigenvalue weighted by atomic mass is 9.93. The van der Waals surface area contributed by atoms with Gasteiger partial charge in [0.15, 0.2) is 0 Å². The van der Waals surface area contributed by atoms with Crippen molar-refractivity contribution in [2.45, 2.75) is 39.3 Å². The molecule has 1 fully saturated rings. The highest BCUT2D eigenvalue weighted by Gasteiger charge is 2.22. The summed E-state index contributed by atoms with van der Waals surface area (Å²) in [6, 6.07) is 2.86. The van der Waals surface area contributed by atoms with Crippen LogP contribution in [0.3, 0.4) is 0 Å². The van der Waals surface area contributed by atoms with E-state index >= 15 is 0 Å². The fraction of sp³-hybridized carbons (Fsp3) is 0.615. The van der Waals surface area contributed by atoms with Crippen molar-refractivity contribution in [2.75, 3.05) is 6.54 Å². The number of rotatable bonds is 2. The molecule has 0 bridgehead atoms. The minimum atomic E-state index is 0.697. The highest BCUT2D eigenvalue weighted by Crippen LogP contribution is 2.24. The summed E-state index contributed by atoms with van der Waals surface area (Å²) < 4.78 is 1.07. The molecule has 1 aliphatic heterocycles. The van der Waals surface area contributed by atoms with E-state index in [2.05, 4.69) is 45.7 Å². The Morgan fingerprint density at radius 1 is 1.44 bits per heavy atom. The highest BCUT2D eigenvalue weighted by atomic mass is 79.9. The van der Waals surface area contributed by atoms with E-state index in [4.69, 9.17) is 0 Å². The minimum Gasteiger partial charge on any atom is -0.296 e. The van der Waals surface area contributed by atoms with Gasteiger partial charge in [0.05, 0.1) is 0 Å². The second-order valence-electron chi connectivity index (χ2n) is 4.96. The Balaban J connectivity index is 1.99. The average Bonchev–Trinajstić information content (AvgIpc) is 2.22. The van der Waals surface area contributed by atoms with Gasteiger partial charge in [-0.25, -0.2) is 0 Å². The number of nitrogens with zero attached hydrogens (tertiary/aromatic N) is 2. The topological polar surface area (TPSA) is 16.1 Å². The molecule has 2 rings (SSSR count). The third-order valence-electron chi connectivity index (χ3n) is 3.42. The summed E-state index contributed by atoms with van der Waals surface area (Å²) >= 11 is 3.47. The minimum absolute atomic E-state index is 0.697. The molecule has 0 aliphatic carbocycles. The number of likely N-dealkylation sites (tertiary alicyclic amines) is 1. The van der Waals surface area contributed by atoms with E-state index in [1.165, 1.54) is 24.9 Å². The van der Waals surface area contributed by atoms with Crippen LogP contribution >= 0.6 is 15.9 Å². The second kappa shape index (κ2) is 5.28. The summed E-state index contributed by atoms with van der Waals surface area (Å²) in [5.74, 6) is 0.881. The van der Waals surface area contributed by atoms with E-state index in [-0.39, 0.29) is 0 Å². The van der Waals surface area contributed by atoms with Crippen molar-refractivity contribution in [3.63, 3.8) is 0 Å². The van der Waals surface area contributed by atoms with Crippen molar-refractivity contribution in [2.24, 2.45) is 5.92 Å². The standard InChI is InChI=1S/C13H19BrN2/c1-10-3-4-16(11(2)5-10)9-12-6-13(14)8-15-7-12/h6-8,10-11H,3-5,9H2,1-2H3. The van der Waals surface area contributed by atoms with E-state index < -0.39 is 0 Å². The first-order valence-electron chi connectivity index (χ1n) is 5.98. The third-order valence-corrected chi connectivity index (χ3v) is 3.86. The van der Waals surface area contributed by atoms with E-state index in [1.807, 2.05) is 12.4 Å². The lowest BCUT2D eigenvalue weighted by molar-refractivity contribution is 0.122. The highest BCUT2D eigenvalue weighted by molar-refractivity contribution is 9.10. The zero-order valence-corrected chi connectivity index (χ0v) is 11.6. The molecule has 0 radical (unpaired) electrons. The smallest absolute Gasteiger partial charge is 0.0410 e. The summed E-state index contributed by atoms with van der Waals surface area (Å²) in [7, 11) is 0. The van der Waals surface area contributed by atoms with Crippen molar-refractivity contribution in [3.05, 3.63) is 28.5 Å². The Bertz CT molecular complexity index is 354. The van der Waals surface area contributed by atoms with Crippen molar-refractivity contribution in [1.82, 2.24) is 9.88 Å². The summed E-state index contributed by atoms with van der Waals surface area (Å²) in [5, 5.41) is 0. The molecule has 1 aliphatic rings. The van der Waals surface area contributed by atoms with Gasteiger partial charge in [0.2, 0.25) is 0 Å². The Morgan fingerprint density at radius 3 is 2.94 bits per heavy atom. The van der Waals surface area contributed by atoms with Crippen molar-refractivity contribution < 1.29 is 0 Å². The lowest BCUT2D eigenvalue weighted by Crippen LogP contribution is -2.39. The number of hydrogen-bond donors (Lipinski definition) is 0. The van der Waals surface area contributed by atoms with E-state index in [0.717, 1.165) is 16.9 Å². The van der Waals surface area contributed by atoms with Gasteiger partial charge in [0.25, 0.3) is 0 Å². The molecule has 3 heteroatoms. The fourth-order valence-corrected chi connectivity index (χ4v) is 2.88. The Kier molecular flexibility index (Phi) is 3.98. The summed E-state index contributed by atoms with van der Waals surface area (Å²) in [4.78, 5) is 6.78. The molecule has 1 saturated heterocycles. The molecule has 88 valence electrons. The van der Waals surface area contributed by atoms with Gasteiger partial charge in [0.1, 0.15) is 0 Å². The van der Waals surface area contributed by atoms with Crippen LogP contribution in [0.5, 0.6) is 0 Å². The van der Waals surface area contributed by atoms with Crippen LogP contribution in [0, 0.1) is 5.92 Å². The maximum Gasteiger partial charge on any atom is 0.0410 e. The maximum atomic E-state index is 4.22. The predicted molar refractivity (Wildman–Crippen MR) is 70.2 cm³/mol. The van der Waals surface area contributed by atoms with Crippen LogP contribution in [0.15, 0.2) is 22.9 Å². The van der Waals surface area contributed by atoms with Crippen molar-refractivity contribution in [1.29, 1.82) is 0 Å². The molecular weight excluding hydrogens is 264 g/mol. The van der Waals surface area contributed by atoms with Gasteiger partial charge in [-0.3, -0.25) is 9.88 Å². The van der Waals surface area contributed by atoms with E-state index in [1.54, 1.807) is 0 Å².